The van der Waals surface area contributed by atoms with Gasteiger partial charge in [-0.15, -0.1) is 0 Å². The SMILES string of the molecule is COc1ccc(C)cc1[C@H](C)NC(=O)CCN1C(=O)CCC1=O. The van der Waals surface area contributed by atoms with Gasteiger partial charge in [0.1, 0.15) is 5.75 Å². The maximum absolute atomic E-state index is 12.1. The highest BCUT2D eigenvalue weighted by Crippen LogP contribution is 2.26. The van der Waals surface area contributed by atoms with Crippen LogP contribution in [0.25, 0.3) is 0 Å². The first-order chi connectivity index (χ1) is 10.9. The minimum Gasteiger partial charge on any atom is -0.496 e. The predicted molar refractivity (Wildman–Crippen MR) is 84.9 cm³/mol. The number of ether oxygens (including phenoxy) is 1. The Morgan fingerprint density at radius 2 is 1.96 bits per heavy atom. The quantitative estimate of drug-likeness (QED) is 0.810. The summed E-state index contributed by atoms with van der Waals surface area (Å²) >= 11 is 0. The Labute approximate surface area is 135 Å². The van der Waals surface area contributed by atoms with Crippen LogP contribution in [0.1, 0.15) is 43.4 Å². The number of nitrogens with one attached hydrogen (secondary N) is 1. The first-order valence-electron chi connectivity index (χ1n) is 7.69. The van der Waals surface area contributed by atoms with Crippen LogP contribution in [0.4, 0.5) is 0 Å². The summed E-state index contributed by atoms with van der Waals surface area (Å²) in [6.45, 7) is 3.99. The van der Waals surface area contributed by atoms with Crippen LogP contribution in [0.3, 0.4) is 0 Å². The van der Waals surface area contributed by atoms with Crippen LogP contribution in [-0.4, -0.2) is 36.3 Å². The molecule has 1 saturated heterocycles. The molecule has 1 heterocycles. The molecule has 3 amide bonds. The average Bonchev–Trinajstić information content (AvgIpc) is 2.83. The van der Waals surface area contributed by atoms with Crippen molar-refractivity contribution in [2.75, 3.05) is 13.7 Å². The zero-order chi connectivity index (χ0) is 17.0. The molecule has 0 bridgehead atoms. The maximum Gasteiger partial charge on any atom is 0.229 e. The summed E-state index contributed by atoms with van der Waals surface area (Å²) in [4.78, 5) is 36.3. The largest absolute Gasteiger partial charge is 0.496 e. The van der Waals surface area contributed by atoms with Crippen LogP contribution in [0.2, 0.25) is 0 Å². The van der Waals surface area contributed by atoms with Crippen molar-refractivity contribution in [2.24, 2.45) is 0 Å². The second-order valence-corrected chi connectivity index (χ2v) is 5.72. The number of nitrogens with zero attached hydrogens (tertiary/aromatic N) is 1. The fraction of sp³-hybridized carbons (Fsp3) is 0.471. The van der Waals surface area contributed by atoms with E-state index in [-0.39, 0.29) is 49.6 Å². The van der Waals surface area contributed by atoms with Crippen molar-refractivity contribution < 1.29 is 19.1 Å². The fourth-order valence-electron chi connectivity index (χ4n) is 2.67. The summed E-state index contributed by atoms with van der Waals surface area (Å²) in [5, 5.41) is 2.88. The van der Waals surface area contributed by atoms with Crippen molar-refractivity contribution in [2.45, 2.75) is 39.2 Å². The van der Waals surface area contributed by atoms with E-state index in [0.29, 0.717) is 5.75 Å². The maximum atomic E-state index is 12.1. The molecule has 0 unspecified atom stereocenters. The third-order valence-electron chi connectivity index (χ3n) is 3.95. The van der Waals surface area contributed by atoms with Gasteiger partial charge in [0.25, 0.3) is 0 Å². The van der Waals surface area contributed by atoms with E-state index < -0.39 is 0 Å². The highest BCUT2D eigenvalue weighted by Gasteiger charge is 2.29. The summed E-state index contributed by atoms with van der Waals surface area (Å²) in [5.41, 5.74) is 1.98. The minimum absolute atomic E-state index is 0.107. The Kier molecular flexibility index (Phi) is 5.36. The number of hydrogen-bond acceptors (Lipinski definition) is 4. The monoisotopic (exact) mass is 318 g/mol. The van der Waals surface area contributed by atoms with Gasteiger partial charge >= 0.3 is 0 Å². The van der Waals surface area contributed by atoms with Crippen LogP contribution < -0.4 is 10.1 Å². The number of hydrogen-bond donors (Lipinski definition) is 1. The van der Waals surface area contributed by atoms with Gasteiger partial charge in [0.15, 0.2) is 0 Å². The molecule has 1 aliphatic rings. The number of carbonyl (C=O) groups excluding carboxylic acids is 3. The van der Waals surface area contributed by atoms with Crippen molar-refractivity contribution >= 4 is 17.7 Å². The smallest absolute Gasteiger partial charge is 0.229 e. The van der Waals surface area contributed by atoms with E-state index in [2.05, 4.69) is 5.32 Å². The summed E-state index contributed by atoms with van der Waals surface area (Å²) in [7, 11) is 1.59. The highest BCUT2D eigenvalue weighted by atomic mass is 16.5. The van der Waals surface area contributed by atoms with Crippen LogP contribution in [0.5, 0.6) is 5.75 Å². The van der Waals surface area contributed by atoms with Gasteiger partial charge in [-0.3, -0.25) is 19.3 Å². The first-order valence-corrected chi connectivity index (χ1v) is 7.69. The van der Waals surface area contributed by atoms with Crippen molar-refractivity contribution in [3.63, 3.8) is 0 Å². The molecule has 1 aromatic rings. The Bertz CT molecular complexity index is 611. The molecule has 6 nitrogen and oxygen atoms in total. The summed E-state index contributed by atoms with van der Waals surface area (Å²) in [6, 6.07) is 5.57. The lowest BCUT2D eigenvalue weighted by atomic mass is 10.0. The van der Waals surface area contributed by atoms with Gasteiger partial charge in [0, 0.05) is 31.4 Å². The zero-order valence-corrected chi connectivity index (χ0v) is 13.7. The van der Waals surface area contributed by atoms with Crippen molar-refractivity contribution in [3.8, 4) is 5.75 Å². The number of methoxy groups -OCH3 is 1. The Morgan fingerprint density at radius 3 is 2.57 bits per heavy atom. The molecular formula is C17H22N2O4. The molecule has 1 fully saturated rings. The van der Waals surface area contributed by atoms with E-state index in [0.717, 1.165) is 16.0 Å². The van der Waals surface area contributed by atoms with E-state index in [1.807, 2.05) is 32.0 Å². The molecule has 1 aliphatic heterocycles. The molecule has 0 aromatic heterocycles. The molecule has 1 atom stereocenters. The molecule has 1 N–H and O–H groups in total. The lowest BCUT2D eigenvalue weighted by Gasteiger charge is -2.19. The van der Waals surface area contributed by atoms with Crippen molar-refractivity contribution in [3.05, 3.63) is 29.3 Å². The fourth-order valence-corrected chi connectivity index (χ4v) is 2.67. The molecule has 0 radical (unpaired) electrons. The van der Waals surface area contributed by atoms with E-state index in [9.17, 15) is 14.4 Å². The highest BCUT2D eigenvalue weighted by molar-refractivity contribution is 6.02. The molecule has 0 saturated carbocycles. The summed E-state index contributed by atoms with van der Waals surface area (Å²) < 4.78 is 5.32. The molecule has 6 heteroatoms. The Morgan fingerprint density at radius 1 is 1.30 bits per heavy atom. The molecule has 0 spiro atoms. The topological polar surface area (TPSA) is 75.7 Å². The van der Waals surface area contributed by atoms with Crippen LogP contribution in [0, 0.1) is 6.92 Å². The second-order valence-electron chi connectivity index (χ2n) is 5.72. The number of imide groups is 1. The van der Waals surface area contributed by atoms with E-state index >= 15 is 0 Å². The number of benzene rings is 1. The number of carbonyl (C=O) groups is 3. The van der Waals surface area contributed by atoms with Crippen LogP contribution in [0.15, 0.2) is 18.2 Å². The number of likely N-dealkylation sites (tertiary alicyclic amines) is 1. The molecule has 124 valence electrons. The minimum atomic E-state index is -0.220. The zero-order valence-electron chi connectivity index (χ0n) is 13.7. The van der Waals surface area contributed by atoms with Crippen LogP contribution >= 0.6 is 0 Å². The normalized spacial score (nSPS) is 15.7. The van der Waals surface area contributed by atoms with Crippen molar-refractivity contribution in [1.29, 1.82) is 0 Å². The average molecular weight is 318 g/mol. The molecule has 2 rings (SSSR count). The third kappa shape index (κ3) is 4.09. The number of amides is 3. The predicted octanol–water partition coefficient (Wildman–Crippen LogP) is 1.72. The van der Waals surface area contributed by atoms with Crippen LogP contribution in [-0.2, 0) is 14.4 Å². The first kappa shape index (κ1) is 17.0. The van der Waals surface area contributed by atoms with E-state index in [1.165, 1.54) is 0 Å². The Balaban J connectivity index is 1.93. The van der Waals surface area contributed by atoms with Gasteiger partial charge in [0.2, 0.25) is 17.7 Å². The van der Waals surface area contributed by atoms with Gasteiger partial charge in [-0.05, 0) is 19.9 Å². The second kappa shape index (κ2) is 7.26. The molecule has 23 heavy (non-hydrogen) atoms. The van der Waals surface area contributed by atoms with Crippen molar-refractivity contribution in [1.82, 2.24) is 10.2 Å². The lowest BCUT2D eigenvalue weighted by molar-refractivity contribution is -0.138. The summed E-state index contributed by atoms with van der Waals surface area (Å²) in [5.74, 6) is 0.120. The van der Waals surface area contributed by atoms with E-state index in [1.54, 1.807) is 7.11 Å². The molecule has 1 aromatic carbocycles. The number of aryl methyl sites for hydroxylation is 1. The van der Waals surface area contributed by atoms with E-state index in [4.69, 9.17) is 4.74 Å². The standard InChI is InChI=1S/C17H22N2O4/c1-11-4-5-14(23-3)13(10-11)12(2)18-15(20)8-9-19-16(21)6-7-17(19)22/h4-5,10,12H,6-9H2,1-3H3,(H,18,20)/t12-/m0/s1. The lowest BCUT2D eigenvalue weighted by Crippen LogP contribution is -2.35. The summed E-state index contributed by atoms with van der Waals surface area (Å²) in [6.07, 6.45) is 0.602. The van der Waals surface area contributed by atoms with Gasteiger partial charge in [-0.2, -0.15) is 0 Å². The molecule has 0 aliphatic carbocycles. The van der Waals surface area contributed by atoms with Gasteiger partial charge in [-0.25, -0.2) is 0 Å². The van der Waals surface area contributed by atoms with Gasteiger partial charge in [-0.1, -0.05) is 17.7 Å². The van der Waals surface area contributed by atoms with Gasteiger partial charge < -0.3 is 10.1 Å². The van der Waals surface area contributed by atoms with Gasteiger partial charge in [0.05, 0.1) is 13.2 Å². The third-order valence-corrected chi connectivity index (χ3v) is 3.95. The number of rotatable bonds is 6. The molecular weight excluding hydrogens is 296 g/mol. The Hall–Kier alpha value is -2.37.